The number of guanidine groups is 1. The number of fused-ring (bicyclic) bond motifs is 5. The lowest BCUT2D eigenvalue weighted by Crippen LogP contribution is -2.44. The summed E-state index contributed by atoms with van der Waals surface area (Å²) in [5.74, 6) is 1.41. The van der Waals surface area contributed by atoms with Crippen molar-refractivity contribution in [2.75, 3.05) is 26.7 Å². The Hall–Kier alpha value is -2.15. The zero-order valence-corrected chi connectivity index (χ0v) is 16.5. The molecule has 1 aromatic rings. The van der Waals surface area contributed by atoms with Crippen LogP contribution in [0.3, 0.4) is 0 Å². The maximum Gasteiger partial charge on any atom is 0.233 e. The van der Waals surface area contributed by atoms with Gasteiger partial charge in [0.1, 0.15) is 0 Å². The fraction of sp³-hybridized carbons (Fsp3) is 0.550. The number of likely N-dealkylation sites (tertiary alicyclic amines) is 1. The number of thiophene rings is 1. The predicted octanol–water partition coefficient (Wildman–Crippen LogP) is 1.82. The molecule has 2 heterocycles. The molecule has 1 saturated carbocycles. The van der Waals surface area contributed by atoms with Crippen LogP contribution in [-0.4, -0.2) is 49.4 Å². The van der Waals surface area contributed by atoms with Gasteiger partial charge in [-0.2, -0.15) is 11.3 Å². The molecule has 5 atom stereocenters. The molecule has 1 aromatic heterocycles. The molecular formula is C20H26N4O2S. The molecule has 5 unspecified atom stereocenters. The van der Waals surface area contributed by atoms with Crippen molar-refractivity contribution in [1.29, 1.82) is 0 Å². The minimum Gasteiger partial charge on any atom is -0.356 e. The minimum atomic E-state index is -0.114. The molecule has 27 heavy (non-hydrogen) atoms. The van der Waals surface area contributed by atoms with Crippen LogP contribution in [0.15, 0.2) is 34.0 Å². The van der Waals surface area contributed by atoms with E-state index in [4.69, 9.17) is 0 Å². The fourth-order valence-corrected chi connectivity index (χ4v) is 5.40. The molecule has 6 nitrogen and oxygen atoms in total. The molecule has 7 heteroatoms. The molecule has 1 saturated heterocycles. The summed E-state index contributed by atoms with van der Waals surface area (Å²) in [5.41, 5.74) is 1.31. The Bertz CT molecular complexity index is 743. The summed E-state index contributed by atoms with van der Waals surface area (Å²) in [7, 11) is 1.73. The standard InChI is InChI=1S/C20H26N4O2S/c1-12(15-5-8-27-11-15)10-23-20(21-2)22-6-7-24-18(25)16-13-3-4-14(9-13)17(16)19(24)26/h3-5,8,11-14,16-17H,6-7,9-10H2,1-2H3,(H2,21,22,23). The molecule has 0 spiro atoms. The van der Waals surface area contributed by atoms with E-state index in [-0.39, 0.29) is 35.5 Å². The van der Waals surface area contributed by atoms with Crippen LogP contribution in [-0.2, 0) is 9.59 Å². The van der Waals surface area contributed by atoms with Gasteiger partial charge in [-0.1, -0.05) is 19.1 Å². The molecular weight excluding hydrogens is 360 g/mol. The quantitative estimate of drug-likeness (QED) is 0.339. The Morgan fingerprint density at radius 3 is 2.56 bits per heavy atom. The van der Waals surface area contributed by atoms with E-state index in [1.165, 1.54) is 10.5 Å². The van der Waals surface area contributed by atoms with Crippen molar-refractivity contribution in [2.24, 2.45) is 28.7 Å². The molecule has 0 aromatic carbocycles. The van der Waals surface area contributed by atoms with Gasteiger partial charge >= 0.3 is 0 Å². The van der Waals surface area contributed by atoms with Crippen molar-refractivity contribution in [3.05, 3.63) is 34.5 Å². The largest absolute Gasteiger partial charge is 0.356 e. The summed E-state index contributed by atoms with van der Waals surface area (Å²) in [6.45, 7) is 3.85. The first-order valence-electron chi connectivity index (χ1n) is 9.60. The minimum absolute atomic E-state index is 0.0117. The van der Waals surface area contributed by atoms with Crippen molar-refractivity contribution >= 4 is 29.1 Å². The van der Waals surface area contributed by atoms with Crippen LogP contribution >= 0.6 is 11.3 Å². The average Bonchev–Trinajstić information content (AvgIpc) is 3.45. The number of nitrogens with one attached hydrogen (secondary N) is 2. The highest BCUT2D eigenvalue weighted by Crippen LogP contribution is 2.52. The second kappa shape index (κ2) is 7.46. The van der Waals surface area contributed by atoms with Crippen LogP contribution in [0.1, 0.15) is 24.8 Å². The van der Waals surface area contributed by atoms with Gasteiger partial charge < -0.3 is 10.6 Å². The normalized spacial score (nSPS) is 30.1. The lowest BCUT2D eigenvalue weighted by atomic mass is 9.85. The highest BCUT2D eigenvalue weighted by Gasteiger charge is 2.58. The molecule has 144 valence electrons. The smallest absolute Gasteiger partial charge is 0.233 e. The van der Waals surface area contributed by atoms with Crippen LogP contribution in [0, 0.1) is 23.7 Å². The molecule has 3 aliphatic rings. The highest BCUT2D eigenvalue weighted by molar-refractivity contribution is 7.07. The summed E-state index contributed by atoms with van der Waals surface area (Å²) in [5, 5.41) is 10.8. The summed E-state index contributed by atoms with van der Waals surface area (Å²) >= 11 is 1.70. The third-order valence-corrected chi connectivity index (χ3v) is 6.80. The van der Waals surface area contributed by atoms with Gasteiger partial charge in [0.25, 0.3) is 0 Å². The second-order valence-corrected chi connectivity index (χ2v) is 8.45. The van der Waals surface area contributed by atoms with Gasteiger partial charge in [-0.25, -0.2) is 0 Å². The lowest BCUT2D eigenvalue weighted by Gasteiger charge is -2.19. The first kappa shape index (κ1) is 18.2. The van der Waals surface area contributed by atoms with Crippen molar-refractivity contribution in [1.82, 2.24) is 15.5 Å². The maximum atomic E-state index is 12.7. The van der Waals surface area contributed by atoms with Gasteiger partial charge in [0.15, 0.2) is 5.96 Å². The Morgan fingerprint density at radius 2 is 1.96 bits per heavy atom. The number of carbonyl (C=O) groups excluding carboxylic acids is 2. The van der Waals surface area contributed by atoms with Gasteiger partial charge in [-0.3, -0.25) is 19.5 Å². The van der Waals surface area contributed by atoms with E-state index in [1.807, 2.05) is 0 Å². The maximum absolute atomic E-state index is 12.7. The van der Waals surface area contributed by atoms with Crippen LogP contribution in [0.25, 0.3) is 0 Å². The van der Waals surface area contributed by atoms with Gasteiger partial charge in [-0.15, -0.1) is 0 Å². The second-order valence-electron chi connectivity index (χ2n) is 7.67. The van der Waals surface area contributed by atoms with Crippen LogP contribution in [0.2, 0.25) is 0 Å². The molecule has 2 bridgehead atoms. The SMILES string of the molecule is CN=C(NCCN1C(=O)C2C3C=CC(C3)C2C1=O)NCC(C)c1ccsc1. The van der Waals surface area contributed by atoms with E-state index in [2.05, 4.69) is 51.5 Å². The summed E-state index contributed by atoms with van der Waals surface area (Å²) in [6.07, 6.45) is 5.22. The number of nitrogens with zero attached hydrogens (tertiary/aromatic N) is 2. The van der Waals surface area contributed by atoms with Crippen LogP contribution in [0.4, 0.5) is 0 Å². The first-order valence-corrected chi connectivity index (χ1v) is 10.5. The van der Waals surface area contributed by atoms with E-state index >= 15 is 0 Å². The number of hydrogen-bond donors (Lipinski definition) is 2. The van der Waals surface area contributed by atoms with Crippen LogP contribution in [0.5, 0.6) is 0 Å². The summed E-state index contributed by atoms with van der Waals surface area (Å²) in [4.78, 5) is 31.0. The van der Waals surface area contributed by atoms with Crippen molar-refractivity contribution in [3.63, 3.8) is 0 Å². The Morgan fingerprint density at radius 1 is 1.26 bits per heavy atom. The Labute approximate surface area is 163 Å². The lowest BCUT2D eigenvalue weighted by molar-refractivity contribution is -0.140. The fourth-order valence-electron chi connectivity index (χ4n) is 4.61. The number of allylic oxidation sites excluding steroid dienone is 2. The summed E-state index contributed by atoms with van der Waals surface area (Å²) in [6, 6.07) is 2.14. The van der Waals surface area contributed by atoms with E-state index in [9.17, 15) is 9.59 Å². The van der Waals surface area contributed by atoms with E-state index in [0.717, 1.165) is 13.0 Å². The van der Waals surface area contributed by atoms with Gasteiger partial charge in [0.05, 0.1) is 11.8 Å². The topological polar surface area (TPSA) is 73.8 Å². The number of carbonyl (C=O) groups is 2. The number of aliphatic imine (C=N–C) groups is 1. The average molecular weight is 387 g/mol. The van der Waals surface area contributed by atoms with Crippen molar-refractivity contribution in [2.45, 2.75) is 19.3 Å². The van der Waals surface area contributed by atoms with Crippen molar-refractivity contribution in [3.8, 4) is 0 Å². The van der Waals surface area contributed by atoms with E-state index in [0.29, 0.717) is 25.0 Å². The predicted molar refractivity (Wildman–Crippen MR) is 107 cm³/mol. The Kier molecular flexibility index (Phi) is 5.04. The summed E-state index contributed by atoms with van der Waals surface area (Å²) < 4.78 is 0. The van der Waals surface area contributed by atoms with Crippen LogP contribution < -0.4 is 10.6 Å². The number of rotatable bonds is 6. The van der Waals surface area contributed by atoms with E-state index in [1.54, 1.807) is 18.4 Å². The molecule has 2 fully saturated rings. The van der Waals surface area contributed by atoms with E-state index < -0.39 is 0 Å². The molecule has 0 radical (unpaired) electrons. The first-order chi connectivity index (χ1) is 13.1. The van der Waals surface area contributed by atoms with Gasteiger partial charge in [0.2, 0.25) is 11.8 Å². The number of hydrogen-bond acceptors (Lipinski definition) is 4. The molecule has 4 rings (SSSR count). The zero-order valence-electron chi connectivity index (χ0n) is 15.7. The third kappa shape index (κ3) is 3.29. The number of amides is 2. The Balaban J connectivity index is 1.25. The van der Waals surface area contributed by atoms with Gasteiger partial charge in [-0.05, 0) is 46.6 Å². The molecule has 2 amide bonds. The number of imide groups is 1. The van der Waals surface area contributed by atoms with Crippen molar-refractivity contribution < 1.29 is 9.59 Å². The van der Waals surface area contributed by atoms with Gasteiger partial charge in [0, 0.05) is 26.7 Å². The zero-order chi connectivity index (χ0) is 19.0. The monoisotopic (exact) mass is 386 g/mol. The third-order valence-electron chi connectivity index (χ3n) is 6.10. The molecule has 1 aliphatic heterocycles. The highest BCUT2D eigenvalue weighted by atomic mass is 32.1. The molecule has 2 N–H and O–H groups in total. The molecule has 2 aliphatic carbocycles.